The molecule has 7 nitrogen and oxygen atoms in total. The van der Waals surface area contributed by atoms with Gasteiger partial charge in [0.15, 0.2) is 17.9 Å². The van der Waals surface area contributed by atoms with Gasteiger partial charge < -0.3 is 28.4 Å². The fourth-order valence-corrected chi connectivity index (χ4v) is 3.72. The number of rotatable bonds is 1. The lowest BCUT2D eigenvalue weighted by Crippen LogP contribution is -2.58. The first kappa shape index (κ1) is 14.8. The van der Waals surface area contributed by atoms with Crippen LogP contribution in [-0.2, 0) is 33.2 Å². The van der Waals surface area contributed by atoms with Crippen molar-refractivity contribution in [1.82, 2.24) is 0 Å². The van der Waals surface area contributed by atoms with Gasteiger partial charge in [-0.3, -0.25) is 4.79 Å². The third-order valence-corrected chi connectivity index (χ3v) is 4.47. The molecule has 4 aliphatic rings. The van der Waals surface area contributed by atoms with Crippen LogP contribution < -0.4 is 0 Å². The topological polar surface area (TPSA) is 72.5 Å². The molecule has 4 rings (SSSR count). The van der Waals surface area contributed by atoms with E-state index in [9.17, 15) is 4.79 Å². The van der Waals surface area contributed by atoms with Crippen LogP contribution in [0.3, 0.4) is 0 Å². The Kier molecular flexibility index (Phi) is 3.13. The van der Waals surface area contributed by atoms with E-state index in [0.29, 0.717) is 12.8 Å². The zero-order chi connectivity index (χ0) is 15.7. The first-order valence-corrected chi connectivity index (χ1v) is 7.80. The lowest BCUT2D eigenvalue weighted by Gasteiger charge is -2.39. The summed E-state index contributed by atoms with van der Waals surface area (Å²) < 4.78 is 35.2. The predicted octanol–water partition coefficient (Wildman–Crippen LogP) is 1.09. The third kappa shape index (κ3) is 2.35. The van der Waals surface area contributed by atoms with Gasteiger partial charge in [-0.05, 0) is 34.1 Å². The summed E-state index contributed by atoms with van der Waals surface area (Å²) in [6, 6.07) is 0. The smallest absolute Gasteiger partial charge is 0.306 e. The zero-order valence-corrected chi connectivity index (χ0v) is 13.2. The van der Waals surface area contributed by atoms with E-state index >= 15 is 0 Å². The second-order valence-corrected chi connectivity index (χ2v) is 7.20. The molecule has 0 amide bonds. The van der Waals surface area contributed by atoms with Crippen molar-refractivity contribution in [2.24, 2.45) is 0 Å². The number of fused-ring (bicyclic) bond motifs is 3. The molecule has 0 aliphatic carbocycles. The standard InChI is InChI=1S/C15H22O7/c1-14(2)19-10-9(7-5-6-8(16)17-7)18-13-12(11(10)20-14)21-15(3,4)22-13/h7,9-13H,5-6H2,1-4H3/t7-,9+,10-,11-,12+,13+/m0/s1. The Morgan fingerprint density at radius 1 is 0.864 bits per heavy atom. The van der Waals surface area contributed by atoms with E-state index in [0.717, 1.165) is 0 Å². The Morgan fingerprint density at radius 2 is 1.45 bits per heavy atom. The van der Waals surface area contributed by atoms with Crippen LogP contribution in [0.5, 0.6) is 0 Å². The minimum absolute atomic E-state index is 0.200. The van der Waals surface area contributed by atoms with Crippen LogP contribution in [0.15, 0.2) is 0 Å². The summed E-state index contributed by atoms with van der Waals surface area (Å²) >= 11 is 0. The number of ether oxygens (including phenoxy) is 6. The zero-order valence-electron chi connectivity index (χ0n) is 13.2. The molecule has 22 heavy (non-hydrogen) atoms. The highest BCUT2D eigenvalue weighted by Crippen LogP contribution is 2.45. The normalized spacial score (nSPS) is 48.8. The average Bonchev–Trinajstić information content (AvgIpc) is 3.02. The summed E-state index contributed by atoms with van der Waals surface area (Å²) in [7, 11) is 0. The van der Waals surface area contributed by atoms with Crippen molar-refractivity contribution >= 4 is 5.97 Å². The number of esters is 1. The number of cyclic esters (lactones) is 1. The van der Waals surface area contributed by atoms with Crippen molar-refractivity contribution in [2.75, 3.05) is 0 Å². The van der Waals surface area contributed by atoms with Gasteiger partial charge in [0.05, 0.1) is 0 Å². The van der Waals surface area contributed by atoms with Crippen molar-refractivity contribution in [3.8, 4) is 0 Å². The fourth-order valence-electron chi connectivity index (χ4n) is 3.72. The maximum atomic E-state index is 11.4. The molecule has 6 atom stereocenters. The van der Waals surface area contributed by atoms with E-state index in [4.69, 9.17) is 28.4 Å². The Morgan fingerprint density at radius 3 is 2.09 bits per heavy atom. The van der Waals surface area contributed by atoms with Crippen molar-refractivity contribution in [3.05, 3.63) is 0 Å². The number of hydrogen-bond donors (Lipinski definition) is 0. The van der Waals surface area contributed by atoms with Gasteiger partial charge in [-0.25, -0.2) is 0 Å². The summed E-state index contributed by atoms with van der Waals surface area (Å²) in [5.41, 5.74) is 0. The van der Waals surface area contributed by atoms with Gasteiger partial charge in [0.2, 0.25) is 0 Å². The Balaban J connectivity index is 1.62. The van der Waals surface area contributed by atoms with Crippen LogP contribution in [0.2, 0.25) is 0 Å². The highest BCUT2D eigenvalue weighted by molar-refractivity contribution is 5.71. The minimum Gasteiger partial charge on any atom is -0.459 e. The van der Waals surface area contributed by atoms with Crippen LogP contribution >= 0.6 is 0 Å². The lowest BCUT2D eigenvalue weighted by molar-refractivity contribution is -0.252. The summed E-state index contributed by atoms with van der Waals surface area (Å²) in [5.74, 6) is -1.67. The molecule has 0 unspecified atom stereocenters. The Hall–Kier alpha value is -0.730. The van der Waals surface area contributed by atoms with Crippen LogP contribution in [0.4, 0.5) is 0 Å². The lowest BCUT2D eigenvalue weighted by atomic mass is 9.94. The van der Waals surface area contributed by atoms with Gasteiger partial charge in [-0.15, -0.1) is 0 Å². The molecule has 124 valence electrons. The maximum Gasteiger partial charge on any atom is 0.306 e. The van der Waals surface area contributed by atoms with Crippen molar-refractivity contribution in [3.63, 3.8) is 0 Å². The molecule has 0 aromatic carbocycles. The molecule has 0 saturated carbocycles. The van der Waals surface area contributed by atoms with Crippen LogP contribution in [0, 0.1) is 0 Å². The van der Waals surface area contributed by atoms with E-state index in [1.165, 1.54) is 0 Å². The van der Waals surface area contributed by atoms with E-state index < -0.39 is 24.0 Å². The van der Waals surface area contributed by atoms with Gasteiger partial charge in [0.25, 0.3) is 0 Å². The number of hydrogen-bond acceptors (Lipinski definition) is 7. The van der Waals surface area contributed by atoms with Crippen LogP contribution in [0.1, 0.15) is 40.5 Å². The van der Waals surface area contributed by atoms with E-state index in [1.807, 2.05) is 27.7 Å². The van der Waals surface area contributed by atoms with Crippen molar-refractivity contribution in [2.45, 2.75) is 88.9 Å². The summed E-state index contributed by atoms with van der Waals surface area (Å²) in [6.07, 6.45) is -1.25. The summed E-state index contributed by atoms with van der Waals surface area (Å²) in [5, 5.41) is 0. The van der Waals surface area contributed by atoms with Crippen molar-refractivity contribution in [1.29, 1.82) is 0 Å². The molecule has 0 radical (unpaired) electrons. The quantitative estimate of drug-likeness (QED) is 0.671. The second kappa shape index (κ2) is 4.64. The monoisotopic (exact) mass is 314 g/mol. The first-order valence-electron chi connectivity index (χ1n) is 7.80. The maximum absolute atomic E-state index is 11.4. The minimum atomic E-state index is -0.739. The van der Waals surface area contributed by atoms with Crippen LogP contribution in [-0.4, -0.2) is 54.4 Å². The molecule has 0 aromatic rings. The Bertz CT molecular complexity index is 488. The largest absolute Gasteiger partial charge is 0.459 e. The van der Waals surface area contributed by atoms with Crippen LogP contribution in [0.25, 0.3) is 0 Å². The highest BCUT2D eigenvalue weighted by Gasteiger charge is 2.62. The summed E-state index contributed by atoms with van der Waals surface area (Å²) in [6.45, 7) is 7.41. The molecule has 0 bridgehead atoms. The molecule has 0 spiro atoms. The fraction of sp³-hybridized carbons (Fsp3) is 0.933. The molecule has 0 N–H and O–H groups in total. The van der Waals surface area contributed by atoms with Gasteiger partial charge in [-0.2, -0.15) is 0 Å². The molecule has 4 aliphatic heterocycles. The second-order valence-electron chi connectivity index (χ2n) is 7.20. The number of carbonyl (C=O) groups excluding carboxylic acids is 1. The van der Waals surface area contributed by atoms with E-state index in [-0.39, 0.29) is 30.4 Å². The van der Waals surface area contributed by atoms with Gasteiger partial charge >= 0.3 is 5.97 Å². The third-order valence-electron chi connectivity index (χ3n) is 4.47. The highest BCUT2D eigenvalue weighted by atomic mass is 16.9. The van der Waals surface area contributed by atoms with Gasteiger partial charge in [-0.1, -0.05) is 0 Å². The average molecular weight is 314 g/mol. The van der Waals surface area contributed by atoms with Crippen molar-refractivity contribution < 1.29 is 33.2 Å². The first-order chi connectivity index (χ1) is 10.2. The SMILES string of the molecule is CC1(C)O[C@@H]2[C@H](O1)[C@H]1OC(C)(C)O[C@H]1O[C@@H]2[C@@H]1CCC(=O)O1. The molecule has 4 heterocycles. The summed E-state index contributed by atoms with van der Waals surface area (Å²) in [4.78, 5) is 11.4. The predicted molar refractivity (Wildman–Crippen MR) is 71.6 cm³/mol. The molecular formula is C15H22O7. The molecule has 7 heteroatoms. The van der Waals surface area contributed by atoms with Gasteiger partial charge in [0, 0.05) is 6.42 Å². The van der Waals surface area contributed by atoms with E-state index in [1.54, 1.807) is 0 Å². The molecule has 0 aromatic heterocycles. The van der Waals surface area contributed by atoms with Gasteiger partial charge in [0.1, 0.15) is 30.5 Å². The molecule has 4 fully saturated rings. The molecule has 4 saturated heterocycles. The van der Waals surface area contributed by atoms with E-state index in [2.05, 4.69) is 0 Å². The molecular weight excluding hydrogens is 292 g/mol. The Labute approximate surface area is 129 Å². The number of carbonyl (C=O) groups is 1.